The van der Waals surface area contributed by atoms with Crippen LogP contribution in [-0.4, -0.2) is 11.6 Å². The molecule has 0 aliphatic carbocycles. The summed E-state index contributed by atoms with van der Waals surface area (Å²) >= 11 is 0. The molecule has 0 bridgehead atoms. The maximum Gasteiger partial charge on any atom is 0.185 e. The van der Waals surface area contributed by atoms with Gasteiger partial charge in [0.05, 0.1) is 0 Å². The van der Waals surface area contributed by atoms with Crippen molar-refractivity contribution in [1.82, 2.24) is 0 Å². The first-order chi connectivity index (χ1) is 20.3. The van der Waals surface area contributed by atoms with E-state index in [0.29, 0.717) is 23.8 Å². The lowest BCUT2D eigenvalue weighted by Crippen LogP contribution is -2.00. The number of hydrogen-bond acceptors (Lipinski definition) is 4. The summed E-state index contributed by atoms with van der Waals surface area (Å²) in [6.45, 7) is 8.62. The topological polar surface area (TPSA) is 52.6 Å². The normalized spacial score (nSPS) is 10.8. The molecule has 0 radical (unpaired) electrons. The first-order valence-corrected chi connectivity index (χ1v) is 14.7. The average Bonchev–Trinajstić information content (AvgIpc) is 2.99. The molecule has 4 aromatic carbocycles. The molecule has 0 unspecified atom stereocenters. The van der Waals surface area contributed by atoms with Crippen LogP contribution in [0.2, 0.25) is 0 Å². The molecule has 42 heavy (non-hydrogen) atoms. The fourth-order valence-corrected chi connectivity index (χ4v) is 4.00. The van der Waals surface area contributed by atoms with E-state index in [4.69, 9.17) is 9.47 Å². The van der Waals surface area contributed by atoms with Gasteiger partial charge in [0, 0.05) is 17.5 Å². The Morgan fingerprint density at radius 2 is 1.05 bits per heavy atom. The molecule has 218 valence electrons. The van der Waals surface area contributed by atoms with Crippen molar-refractivity contribution in [1.29, 1.82) is 0 Å². The van der Waals surface area contributed by atoms with Gasteiger partial charge in [0.25, 0.3) is 0 Å². The minimum atomic E-state index is 0.0295. The zero-order chi connectivity index (χ0) is 30.2. The maximum absolute atomic E-state index is 12.1. The van der Waals surface area contributed by atoms with E-state index in [9.17, 15) is 9.59 Å². The molecular formula is C38H42O4. The molecule has 0 aromatic heterocycles. The second-order valence-electron chi connectivity index (χ2n) is 11.0. The van der Waals surface area contributed by atoms with Crippen LogP contribution in [0.3, 0.4) is 0 Å². The highest BCUT2D eigenvalue weighted by atomic mass is 16.5. The molecule has 0 aliphatic heterocycles. The van der Waals surface area contributed by atoms with Crippen molar-refractivity contribution in [2.45, 2.75) is 53.4 Å². The molecular weight excluding hydrogens is 520 g/mol. The summed E-state index contributed by atoms with van der Waals surface area (Å²) in [6.07, 6.45) is 7.17. The number of hydrogen-bond donors (Lipinski definition) is 0. The Bertz CT molecular complexity index is 1370. The third kappa shape index (κ3) is 12.0. The number of ketones is 2. The maximum atomic E-state index is 12.1. The molecule has 0 N–H and O–H groups in total. The Balaban J connectivity index is 0.000000230. The second-order valence-corrected chi connectivity index (χ2v) is 11.0. The Labute approximate surface area is 251 Å². The van der Waals surface area contributed by atoms with Gasteiger partial charge in [-0.3, -0.25) is 9.59 Å². The predicted octanol–water partition coefficient (Wildman–Crippen LogP) is 10.8. The van der Waals surface area contributed by atoms with Crippen LogP contribution < -0.4 is 9.47 Å². The molecule has 0 amide bonds. The van der Waals surface area contributed by atoms with Crippen LogP contribution in [0.1, 0.15) is 74.1 Å². The fourth-order valence-electron chi connectivity index (χ4n) is 4.00. The van der Waals surface area contributed by atoms with Crippen molar-refractivity contribution >= 4 is 11.6 Å². The van der Waals surface area contributed by atoms with Crippen LogP contribution in [0.4, 0.5) is 0 Å². The van der Waals surface area contributed by atoms with Crippen molar-refractivity contribution in [3.63, 3.8) is 0 Å². The molecule has 4 rings (SSSR count). The highest BCUT2D eigenvalue weighted by Crippen LogP contribution is 2.23. The minimum absolute atomic E-state index is 0.0295. The third-order valence-corrected chi connectivity index (χ3v) is 6.33. The van der Waals surface area contributed by atoms with Gasteiger partial charge in [-0.15, -0.1) is 0 Å². The lowest BCUT2D eigenvalue weighted by atomic mass is 10.0. The lowest BCUT2D eigenvalue weighted by molar-refractivity contribution is 0.0977. The van der Waals surface area contributed by atoms with E-state index in [1.165, 1.54) is 0 Å². The fraction of sp³-hybridized carbons (Fsp3) is 0.263. The second kappa shape index (κ2) is 17.4. The molecule has 4 aromatic rings. The monoisotopic (exact) mass is 562 g/mol. The molecule has 0 atom stereocenters. The van der Waals surface area contributed by atoms with E-state index in [1.54, 1.807) is 18.2 Å². The molecule has 4 heteroatoms. The van der Waals surface area contributed by atoms with Crippen LogP contribution in [0.15, 0.2) is 121 Å². The van der Waals surface area contributed by atoms with Crippen molar-refractivity contribution in [2.75, 3.05) is 0 Å². The van der Waals surface area contributed by atoms with E-state index >= 15 is 0 Å². The zero-order valence-electron chi connectivity index (χ0n) is 25.2. The van der Waals surface area contributed by atoms with E-state index < -0.39 is 0 Å². The zero-order valence-corrected chi connectivity index (χ0v) is 25.2. The first kappa shape index (κ1) is 32.1. The van der Waals surface area contributed by atoms with Crippen molar-refractivity contribution < 1.29 is 19.1 Å². The number of ether oxygens (including phenoxy) is 2. The number of carbonyl (C=O) groups excluding carboxylic acids is 2. The SMILES string of the molecule is CC(C)C/C=C/C(=O)c1ccc(Oc2ccccc2)cc1.CC(C)CCCC(=O)c1ccc(Oc2ccccc2)cc1. The molecule has 0 aliphatic rings. The van der Waals surface area contributed by atoms with Gasteiger partial charge in [0.1, 0.15) is 23.0 Å². The highest BCUT2D eigenvalue weighted by molar-refractivity contribution is 6.04. The van der Waals surface area contributed by atoms with Crippen molar-refractivity contribution in [2.24, 2.45) is 11.8 Å². The Morgan fingerprint density at radius 3 is 1.50 bits per heavy atom. The Morgan fingerprint density at radius 1 is 0.595 bits per heavy atom. The lowest BCUT2D eigenvalue weighted by Gasteiger charge is -2.07. The number of rotatable bonds is 13. The number of carbonyl (C=O) groups is 2. The summed E-state index contributed by atoms with van der Waals surface area (Å²) in [6, 6.07) is 33.8. The molecule has 0 fully saturated rings. The van der Waals surface area contributed by atoms with Gasteiger partial charge < -0.3 is 9.47 Å². The molecule has 4 nitrogen and oxygen atoms in total. The van der Waals surface area contributed by atoms with Gasteiger partial charge in [-0.25, -0.2) is 0 Å². The summed E-state index contributed by atoms with van der Waals surface area (Å²) in [5, 5.41) is 0. The number of para-hydroxylation sites is 2. The van der Waals surface area contributed by atoms with Gasteiger partial charge in [0.15, 0.2) is 11.6 Å². The summed E-state index contributed by atoms with van der Waals surface area (Å²) in [7, 11) is 0. The van der Waals surface area contributed by atoms with Gasteiger partial charge in [0.2, 0.25) is 0 Å². The van der Waals surface area contributed by atoms with Crippen LogP contribution in [0.5, 0.6) is 23.0 Å². The standard InChI is InChI=1S/C19H22O2.C19H20O2/c2*1-15(2)7-6-10-19(20)16-11-13-18(14-12-16)21-17-8-4-3-5-9-17/h3-5,8-9,11-15H,6-7,10H2,1-2H3;3-6,8-15H,7H2,1-2H3/b;10-6+. The molecule has 0 spiro atoms. The quantitative estimate of drug-likeness (QED) is 0.120. The number of Topliss-reactive ketones (excluding diaryl/α,β-unsaturated/α-hetero) is 1. The van der Waals surface area contributed by atoms with Crippen LogP contribution >= 0.6 is 0 Å². The summed E-state index contributed by atoms with van der Waals surface area (Å²) in [5.41, 5.74) is 1.44. The van der Waals surface area contributed by atoms with Gasteiger partial charge in [-0.2, -0.15) is 0 Å². The van der Waals surface area contributed by atoms with E-state index in [-0.39, 0.29) is 11.6 Å². The van der Waals surface area contributed by atoms with E-state index in [1.807, 2.05) is 103 Å². The van der Waals surface area contributed by atoms with Crippen LogP contribution in [0.25, 0.3) is 0 Å². The Hall–Kier alpha value is -4.44. The van der Waals surface area contributed by atoms with Crippen LogP contribution in [-0.2, 0) is 0 Å². The minimum Gasteiger partial charge on any atom is -0.457 e. The Kier molecular flexibility index (Phi) is 13.3. The van der Waals surface area contributed by atoms with Gasteiger partial charge >= 0.3 is 0 Å². The van der Waals surface area contributed by atoms with Gasteiger partial charge in [-0.05, 0) is 104 Å². The van der Waals surface area contributed by atoms with Gasteiger partial charge in [-0.1, -0.05) is 76.6 Å². The predicted molar refractivity (Wildman–Crippen MR) is 172 cm³/mol. The molecule has 0 saturated heterocycles. The largest absolute Gasteiger partial charge is 0.457 e. The van der Waals surface area contributed by atoms with Crippen molar-refractivity contribution in [3.8, 4) is 23.0 Å². The first-order valence-electron chi connectivity index (χ1n) is 14.7. The van der Waals surface area contributed by atoms with E-state index in [0.717, 1.165) is 47.8 Å². The number of benzene rings is 4. The average molecular weight is 563 g/mol. The molecule has 0 heterocycles. The van der Waals surface area contributed by atoms with Crippen LogP contribution in [0, 0.1) is 11.8 Å². The summed E-state index contributed by atoms with van der Waals surface area (Å²) in [5.74, 6) is 4.52. The number of allylic oxidation sites excluding steroid dienone is 2. The van der Waals surface area contributed by atoms with Crippen molar-refractivity contribution in [3.05, 3.63) is 132 Å². The van der Waals surface area contributed by atoms with E-state index in [2.05, 4.69) is 27.7 Å². The highest BCUT2D eigenvalue weighted by Gasteiger charge is 2.07. The smallest absolute Gasteiger partial charge is 0.185 e. The third-order valence-electron chi connectivity index (χ3n) is 6.33. The summed E-state index contributed by atoms with van der Waals surface area (Å²) in [4.78, 5) is 24.0. The summed E-state index contributed by atoms with van der Waals surface area (Å²) < 4.78 is 11.4. The molecule has 0 saturated carbocycles.